The van der Waals surface area contributed by atoms with E-state index in [-0.39, 0.29) is 18.0 Å². The van der Waals surface area contributed by atoms with Crippen molar-refractivity contribution in [1.82, 2.24) is 20.2 Å². The fourth-order valence-electron chi connectivity index (χ4n) is 3.79. The quantitative estimate of drug-likeness (QED) is 0.651. The van der Waals surface area contributed by atoms with Crippen LogP contribution in [-0.4, -0.2) is 52.9 Å². The Morgan fingerprint density at radius 2 is 2.03 bits per heavy atom. The first kappa shape index (κ1) is 23.4. The molecule has 0 unspecified atom stereocenters. The Balaban J connectivity index is 1.98. The smallest absolute Gasteiger partial charge is 0.467 e. The number of ether oxygens (including phenoxy) is 2. The average Bonchev–Trinajstić information content (AvgIpc) is 3.20. The number of amides is 2. The molecule has 0 saturated heterocycles. The van der Waals surface area contributed by atoms with Crippen molar-refractivity contribution >= 4 is 12.0 Å². The molecule has 11 heteroatoms. The van der Waals surface area contributed by atoms with E-state index in [1.54, 1.807) is 6.07 Å². The number of fused-ring (bicyclic) bond motifs is 1. The third kappa shape index (κ3) is 5.32. The first-order valence-corrected chi connectivity index (χ1v) is 10.1. The second-order valence-electron chi connectivity index (χ2n) is 7.85. The first-order valence-electron chi connectivity index (χ1n) is 10.1. The number of para-hydroxylation sites is 1. The van der Waals surface area contributed by atoms with Crippen molar-refractivity contribution in [3.8, 4) is 5.75 Å². The molecule has 3 rings (SSSR count). The van der Waals surface area contributed by atoms with Gasteiger partial charge in [-0.05, 0) is 18.4 Å². The zero-order chi connectivity index (χ0) is 23.5. The van der Waals surface area contributed by atoms with E-state index in [1.807, 2.05) is 13.8 Å². The number of carbonyl (C=O) groups excluding carboxylic acids is 2. The maximum Gasteiger partial charge on any atom is 0.573 e. The van der Waals surface area contributed by atoms with Gasteiger partial charge >= 0.3 is 18.4 Å². The maximum absolute atomic E-state index is 13.2. The minimum Gasteiger partial charge on any atom is -0.467 e. The fraction of sp³-hybridized carbons (Fsp3) is 0.476. The molecule has 8 nitrogen and oxygen atoms in total. The van der Waals surface area contributed by atoms with E-state index >= 15 is 0 Å². The van der Waals surface area contributed by atoms with Gasteiger partial charge in [0.1, 0.15) is 17.8 Å². The SMILES string of the molecule is COC(=O)[C@@H](CC(C)C)NC(=O)N1CCc2[nH]cnc2[C@@H]1c1ccccc1OC(F)(F)F. The van der Waals surface area contributed by atoms with Gasteiger partial charge in [0.15, 0.2) is 0 Å². The number of aromatic nitrogens is 2. The Hall–Kier alpha value is -3.24. The summed E-state index contributed by atoms with van der Waals surface area (Å²) in [7, 11) is 1.23. The third-order valence-corrected chi connectivity index (χ3v) is 5.12. The Kier molecular flexibility index (Phi) is 6.95. The van der Waals surface area contributed by atoms with Crippen molar-refractivity contribution in [2.45, 2.75) is 45.1 Å². The third-order valence-electron chi connectivity index (χ3n) is 5.12. The van der Waals surface area contributed by atoms with Crippen molar-refractivity contribution in [3.63, 3.8) is 0 Å². The number of nitrogens with zero attached hydrogens (tertiary/aromatic N) is 2. The summed E-state index contributed by atoms with van der Waals surface area (Å²) in [6.07, 6.45) is -2.70. The molecule has 1 aliphatic rings. The van der Waals surface area contributed by atoms with Gasteiger partial charge < -0.3 is 24.7 Å². The number of hydrogen-bond donors (Lipinski definition) is 2. The lowest BCUT2D eigenvalue weighted by Crippen LogP contribution is -2.51. The minimum atomic E-state index is -4.90. The number of aromatic amines is 1. The minimum absolute atomic E-state index is 0.0930. The van der Waals surface area contributed by atoms with Crippen LogP contribution < -0.4 is 10.1 Å². The van der Waals surface area contributed by atoms with Crippen LogP contribution in [0.3, 0.4) is 0 Å². The highest BCUT2D eigenvalue weighted by molar-refractivity contribution is 5.84. The van der Waals surface area contributed by atoms with Crippen molar-refractivity contribution in [2.24, 2.45) is 5.92 Å². The Morgan fingerprint density at radius 3 is 2.69 bits per heavy atom. The molecule has 0 saturated carbocycles. The number of methoxy groups -OCH3 is 1. The van der Waals surface area contributed by atoms with Crippen LogP contribution in [-0.2, 0) is 16.0 Å². The molecule has 0 aliphatic carbocycles. The van der Waals surface area contributed by atoms with Crippen LogP contribution in [0.25, 0.3) is 0 Å². The van der Waals surface area contributed by atoms with Gasteiger partial charge in [0.25, 0.3) is 0 Å². The number of rotatable bonds is 6. The molecule has 0 fully saturated rings. The number of nitrogens with one attached hydrogen (secondary N) is 2. The maximum atomic E-state index is 13.2. The molecule has 174 valence electrons. The highest BCUT2D eigenvalue weighted by Crippen LogP contribution is 2.39. The van der Waals surface area contributed by atoms with E-state index in [9.17, 15) is 22.8 Å². The number of H-pyrrole nitrogens is 1. The number of esters is 1. The highest BCUT2D eigenvalue weighted by atomic mass is 19.4. The first-order chi connectivity index (χ1) is 15.1. The van der Waals surface area contributed by atoms with E-state index < -0.39 is 36.2 Å². The zero-order valence-electron chi connectivity index (χ0n) is 17.9. The molecular formula is C21H25F3N4O4. The lowest BCUT2D eigenvalue weighted by molar-refractivity contribution is -0.275. The van der Waals surface area contributed by atoms with Gasteiger partial charge in [-0.25, -0.2) is 14.6 Å². The monoisotopic (exact) mass is 454 g/mol. The molecule has 2 atom stereocenters. The largest absolute Gasteiger partial charge is 0.573 e. The molecule has 0 bridgehead atoms. The topological polar surface area (TPSA) is 96.6 Å². The molecule has 0 radical (unpaired) electrons. The second-order valence-corrected chi connectivity index (χ2v) is 7.85. The number of imidazole rings is 1. The number of hydrogen-bond acceptors (Lipinski definition) is 5. The van der Waals surface area contributed by atoms with Crippen LogP contribution in [0.5, 0.6) is 5.75 Å². The normalized spacial score (nSPS) is 17.0. The van der Waals surface area contributed by atoms with Crippen LogP contribution in [0.15, 0.2) is 30.6 Å². The molecule has 2 heterocycles. The fourth-order valence-corrected chi connectivity index (χ4v) is 3.79. The van der Waals surface area contributed by atoms with E-state index in [2.05, 4.69) is 20.0 Å². The average molecular weight is 454 g/mol. The molecule has 2 aromatic rings. The summed E-state index contributed by atoms with van der Waals surface area (Å²) >= 11 is 0. The van der Waals surface area contributed by atoms with E-state index in [0.29, 0.717) is 24.2 Å². The number of alkyl halides is 3. The molecule has 1 aromatic carbocycles. The molecule has 1 aromatic heterocycles. The van der Waals surface area contributed by atoms with Crippen LogP contribution >= 0.6 is 0 Å². The zero-order valence-corrected chi connectivity index (χ0v) is 17.9. The predicted molar refractivity (Wildman–Crippen MR) is 108 cm³/mol. The highest BCUT2D eigenvalue weighted by Gasteiger charge is 2.39. The van der Waals surface area contributed by atoms with Gasteiger partial charge in [-0.15, -0.1) is 13.2 Å². The van der Waals surface area contributed by atoms with E-state index in [0.717, 1.165) is 0 Å². The number of halogens is 3. The van der Waals surface area contributed by atoms with Crippen molar-refractivity contribution in [3.05, 3.63) is 47.5 Å². The molecular weight excluding hydrogens is 429 g/mol. The van der Waals surface area contributed by atoms with Gasteiger partial charge in [0.05, 0.1) is 19.1 Å². The summed E-state index contributed by atoms with van der Waals surface area (Å²) in [4.78, 5) is 34.0. The number of urea groups is 1. The number of carbonyl (C=O) groups is 2. The van der Waals surface area contributed by atoms with Crippen molar-refractivity contribution in [1.29, 1.82) is 0 Å². The molecule has 2 amide bonds. The standard InChI is InChI=1S/C21H25F3N4O4/c1-12(2)10-15(19(29)31-3)27-20(30)28-9-8-14-17(26-11-25-14)18(28)13-6-4-5-7-16(13)32-21(22,23)24/h4-7,11-12,15,18H,8-10H2,1-3H3,(H,25,26)(H,27,30)/t15-,18+/m1/s1. The summed E-state index contributed by atoms with van der Waals surface area (Å²) in [5.74, 6) is -0.928. The van der Waals surface area contributed by atoms with E-state index in [1.165, 1.54) is 36.5 Å². The Labute approximate surface area is 183 Å². The van der Waals surface area contributed by atoms with Crippen LogP contribution in [0.4, 0.5) is 18.0 Å². The Bertz CT molecular complexity index is 961. The predicted octanol–water partition coefficient (Wildman–Crippen LogP) is 3.55. The van der Waals surface area contributed by atoms with Gasteiger partial charge in [-0.3, -0.25) is 0 Å². The molecule has 1 aliphatic heterocycles. The van der Waals surface area contributed by atoms with Gasteiger partial charge in [-0.2, -0.15) is 0 Å². The van der Waals surface area contributed by atoms with Crippen molar-refractivity contribution in [2.75, 3.05) is 13.7 Å². The Morgan fingerprint density at radius 1 is 1.31 bits per heavy atom. The van der Waals surface area contributed by atoms with Crippen LogP contribution in [0, 0.1) is 5.92 Å². The van der Waals surface area contributed by atoms with Gasteiger partial charge in [-0.1, -0.05) is 32.0 Å². The summed E-state index contributed by atoms with van der Waals surface area (Å²) in [5, 5.41) is 2.67. The lowest BCUT2D eigenvalue weighted by Gasteiger charge is -2.36. The van der Waals surface area contributed by atoms with Crippen molar-refractivity contribution < 1.29 is 32.2 Å². The van der Waals surface area contributed by atoms with Gasteiger partial charge in [0.2, 0.25) is 0 Å². The summed E-state index contributed by atoms with van der Waals surface area (Å²) in [6, 6.07) is 3.18. The lowest BCUT2D eigenvalue weighted by atomic mass is 9.95. The summed E-state index contributed by atoms with van der Waals surface area (Å²) in [6.45, 7) is 3.99. The van der Waals surface area contributed by atoms with Crippen LogP contribution in [0.2, 0.25) is 0 Å². The molecule has 2 N–H and O–H groups in total. The van der Waals surface area contributed by atoms with Gasteiger partial charge in [0, 0.05) is 24.2 Å². The summed E-state index contributed by atoms with van der Waals surface area (Å²) < 4.78 is 48.1. The van der Waals surface area contributed by atoms with Crippen LogP contribution in [0.1, 0.15) is 43.3 Å². The molecule has 0 spiro atoms. The molecule has 32 heavy (non-hydrogen) atoms. The second kappa shape index (κ2) is 9.49. The van der Waals surface area contributed by atoms with E-state index in [4.69, 9.17) is 4.74 Å². The summed E-state index contributed by atoms with van der Waals surface area (Å²) in [5.41, 5.74) is 1.27. The number of benzene rings is 1.